The van der Waals surface area contributed by atoms with E-state index in [0.29, 0.717) is 35.3 Å². The van der Waals surface area contributed by atoms with Crippen LogP contribution in [0.3, 0.4) is 0 Å². The highest BCUT2D eigenvalue weighted by Gasteiger charge is 2.13. The number of hydrogen-bond donors (Lipinski definition) is 2. The average molecular weight is 329 g/mol. The second-order valence-corrected chi connectivity index (χ2v) is 5.87. The van der Waals surface area contributed by atoms with Gasteiger partial charge in [-0.3, -0.25) is 4.79 Å². The molecule has 0 saturated carbocycles. The van der Waals surface area contributed by atoms with Gasteiger partial charge in [-0.05, 0) is 42.7 Å². The Bertz CT molecular complexity index is 698. The van der Waals surface area contributed by atoms with Gasteiger partial charge in [0.05, 0.1) is 19.4 Å². The van der Waals surface area contributed by atoms with Crippen molar-refractivity contribution in [3.63, 3.8) is 0 Å². The summed E-state index contributed by atoms with van der Waals surface area (Å²) in [7, 11) is 1.54. The van der Waals surface area contributed by atoms with Gasteiger partial charge in [0.15, 0.2) is 11.5 Å². The molecule has 1 amide bonds. The molecule has 0 aromatic heterocycles. The lowest BCUT2D eigenvalue weighted by atomic mass is 10.1. The number of phenols is 1. The van der Waals surface area contributed by atoms with E-state index in [-0.39, 0.29) is 11.7 Å². The van der Waals surface area contributed by atoms with Crippen molar-refractivity contribution in [1.29, 1.82) is 0 Å². The highest BCUT2D eigenvalue weighted by molar-refractivity contribution is 6.05. The van der Waals surface area contributed by atoms with Gasteiger partial charge in [0.25, 0.3) is 5.91 Å². The fourth-order valence-electron chi connectivity index (χ4n) is 2.11. The number of benzene rings is 2. The molecule has 2 N–H and O–H groups in total. The van der Waals surface area contributed by atoms with E-state index in [9.17, 15) is 9.90 Å². The van der Waals surface area contributed by atoms with Crippen LogP contribution in [0.1, 0.15) is 30.6 Å². The lowest BCUT2D eigenvalue weighted by molar-refractivity contribution is 0.102. The third kappa shape index (κ3) is 4.65. The normalized spacial score (nSPS) is 10.5. The van der Waals surface area contributed by atoms with Crippen molar-refractivity contribution in [2.75, 3.05) is 19.0 Å². The monoisotopic (exact) mass is 329 g/mol. The van der Waals surface area contributed by atoms with Crippen LogP contribution in [0, 0.1) is 5.92 Å². The van der Waals surface area contributed by atoms with Crippen LogP contribution in [0.15, 0.2) is 42.5 Å². The highest BCUT2D eigenvalue weighted by Crippen LogP contribution is 2.29. The van der Waals surface area contributed by atoms with E-state index in [1.54, 1.807) is 36.4 Å². The maximum Gasteiger partial charge on any atom is 0.255 e. The Kier molecular flexibility index (Phi) is 6.07. The van der Waals surface area contributed by atoms with Gasteiger partial charge in [-0.1, -0.05) is 26.0 Å². The molecule has 0 fully saturated rings. The van der Waals surface area contributed by atoms with Crippen molar-refractivity contribution in [2.45, 2.75) is 20.3 Å². The number of phenolic OH excluding ortho intramolecular Hbond substituents is 1. The van der Waals surface area contributed by atoms with E-state index in [1.165, 1.54) is 13.2 Å². The first-order valence-corrected chi connectivity index (χ1v) is 7.91. The van der Waals surface area contributed by atoms with E-state index in [4.69, 9.17) is 9.47 Å². The Morgan fingerprint density at radius 1 is 1.17 bits per heavy atom. The van der Waals surface area contributed by atoms with Crippen molar-refractivity contribution >= 4 is 11.6 Å². The molecule has 0 saturated heterocycles. The number of aromatic hydroxyl groups is 1. The molecule has 0 bridgehead atoms. The summed E-state index contributed by atoms with van der Waals surface area (Å²) in [5.74, 6) is 1.36. The highest BCUT2D eigenvalue weighted by atomic mass is 16.5. The van der Waals surface area contributed by atoms with Crippen LogP contribution in [0.2, 0.25) is 0 Å². The van der Waals surface area contributed by atoms with Crippen molar-refractivity contribution in [1.82, 2.24) is 0 Å². The van der Waals surface area contributed by atoms with Crippen LogP contribution in [0.4, 0.5) is 5.69 Å². The minimum absolute atomic E-state index is 0.0199. The first kappa shape index (κ1) is 17.7. The van der Waals surface area contributed by atoms with Gasteiger partial charge in [0.1, 0.15) is 5.75 Å². The van der Waals surface area contributed by atoms with Gasteiger partial charge in [-0.15, -0.1) is 0 Å². The van der Waals surface area contributed by atoms with Crippen LogP contribution in [0.25, 0.3) is 0 Å². The number of hydrogen-bond acceptors (Lipinski definition) is 4. The van der Waals surface area contributed by atoms with Gasteiger partial charge >= 0.3 is 0 Å². The summed E-state index contributed by atoms with van der Waals surface area (Å²) in [5.41, 5.74) is 0.782. The Balaban J connectivity index is 2.10. The van der Waals surface area contributed by atoms with Crippen LogP contribution in [-0.4, -0.2) is 24.7 Å². The number of rotatable bonds is 7. The molecule has 0 radical (unpaired) electrons. The van der Waals surface area contributed by atoms with E-state index < -0.39 is 0 Å². The summed E-state index contributed by atoms with van der Waals surface area (Å²) in [6.45, 7) is 4.86. The van der Waals surface area contributed by atoms with Crippen molar-refractivity contribution in [2.24, 2.45) is 5.92 Å². The zero-order chi connectivity index (χ0) is 17.5. The molecule has 0 heterocycles. The number of amides is 1. The van der Waals surface area contributed by atoms with E-state index in [0.717, 1.165) is 6.42 Å². The Hall–Kier alpha value is -2.69. The maximum absolute atomic E-state index is 12.3. The zero-order valence-corrected chi connectivity index (χ0v) is 14.2. The molecule has 5 heteroatoms. The first-order chi connectivity index (χ1) is 11.5. The largest absolute Gasteiger partial charge is 0.506 e. The molecule has 2 aromatic rings. The predicted molar refractivity (Wildman–Crippen MR) is 94.0 cm³/mol. The molecule has 24 heavy (non-hydrogen) atoms. The Morgan fingerprint density at radius 3 is 2.58 bits per heavy atom. The summed E-state index contributed by atoms with van der Waals surface area (Å²) in [6, 6.07) is 11.6. The lowest BCUT2D eigenvalue weighted by Gasteiger charge is -2.13. The molecule has 0 aliphatic carbocycles. The van der Waals surface area contributed by atoms with Gasteiger partial charge in [-0.25, -0.2) is 0 Å². The molecule has 2 rings (SSSR count). The molecule has 5 nitrogen and oxygen atoms in total. The number of methoxy groups -OCH3 is 1. The summed E-state index contributed by atoms with van der Waals surface area (Å²) in [4.78, 5) is 12.3. The second-order valence-electron chi connectivity index (χ2n) is 5.87. The van der Waals surface area contributed by atoms with Crippen LogP contribution >= 0.6 is 0 Å². The van der Waals surface area contributed by atoms with Crippen molar-refractivity contribution < 1.29 is 19.4 Å². The van der Waals surface area contributed by atoms with Gasteiger partial charge in [-0.2, -0.15) is 0 Å². The summed E-state index contributed by atoms with van der Waals surface area (Å²) in [5, 5.41) is 12.4. The van der Waals surface area contributed by atoms with Crippen LogP contribution < -0.4 is 14.8 Å². The number of nitrogens with one attached hydrogen (secondary N) is 1. The van der Waals surface area contributed by atoms with Crippen LogP contribution in [0.5, 0.6) is 17.2 Å². The predicted octanol–water partition coefficient (Wildman–Crippen LogP) is 4.08. The number of anilines is 1. The van der Waals surface area contributed by atoms with Gasteiger partial charge in [0, 0.05) is 5.56 Å². The van der Waals surface area contributed by atoms with Crippen LogP contribution in [-0.2, 0) is 0 Å². The fourth-order valence-corrected chi connectivity index (χ4v) is 2.11. The molecule has 0 unspecified atom stereocenters. The number of para-hydroxylation sites is 2. The average Bonchev–Trinajstić information content (AvgIpc) is 2.56. The topological polar surface area (TPSA) is 67.8 Å². The molecule has 2 aromatic carbocycles. The fraction of sp³-hybridized carbons (Fsp3) is 0.316. The second kappa shape index (κ2) is 8.24. The van der Waals surface area contributed by atoms with E-state index in [2.05, 4.69) is 19.2 Å². The van der Waals surface area contributed by atoms with E-state index >= 15 is 0 Å². The third-order valence-corrected chi connectivity index (χ3v) is 3.53. The van der Waals surface area contributed by atoms with Crippen molar-refractivity contribution in [3.8, 4) is 17.2 Å². The van der Waals surface area contributed by atoms with E-state index in [1.807, 2.05) is 0 Å². The summed E-state index contributed by atoms with van der Waals surface area (Å²) < 4.78 is 11.0. The molecular weight excluding hydrogens is 306 g/mol. The lowest BCUT2D eigenvalue weighted by Crippen LogP contribution is -2.12. The SMILES string of the molecule is COc1cc(C(=O)Nc2ccccc2O)ccc1OCCC(C)C. The molecular formula is C19H23NO4. The summed E-state index contributed by atoms with van der Waals surface area (Å²) in [6.07, 6.45) is 0.943. The molecule has 128 valence electrons. The summed E-state index contributed by atoms with van der Waals surface area (Å²) >= 11 is 0. The minimum atomic E-state index is -0.330. The molecule has 0 aliphatic heterocycles. The third-order valence-electron chi connectivity index (χ3n) is 3.53. The number of carbonyl (C=O) groups excluding carboxylic acids is 1. The standard InChI is InChI=1S/C19H23NO4/c1-13(2)10-11-24-17-9-8-14(12-18(17)23-3)19(22)20-15-6-4-5-7-16(15)21/h4-9,12-13,21H,10-11H2,1-3H3,(H,20,22). The molecule has 0 spiro atoms. The maximum atomic E-state index is 12.3. The zero-order valence-electron chi connectivity index (χ0n) is 14.2. The molecule has 0 aliphatic rings. The number of ether oxygens (including phenoxy) is 2. The van der Waals surface area contributed by atoms with Crippen molar-refractivity contribution in [3.05, 3.63) is 48.0 Å². The first-order valence-electron chi connectivity index (χ1n) is 7.91. The quantitative estimate of drug-likeness (QED) is 0.751. The minimum Gasteiger partial charge on any atom is -0.506 e. The van der Waals surface area contributed by atoms with Gasteiger partial charge in [0.2, 0.25) is 0 Å². The Morgan fingerprint density at radius 2 is 1.92 bits per heavy atom. The number of carbonyl (C=O) groups is 1. The molecule has 0 atom stereocenters. The smallest absolute Gasteiger partial charge is 0.255 e. The van der Waals surface area contributed by atoms with Gasteiger partial charge < -0.3 is 19.9 Å². The Labute approximate surface area is 142 Å².